The summed E-state index contributed by atoms with van der Waals surface area (Å²) in [5.74, 6) is -0.0378. The molecule has 8 nitrogen and oxygen atoms in total. The van der Waals surface area contributed by atoms with Gasteiger partial charge in [-0.2, -0.15) is 0 Å². The van der Waals surface area contributed by atoms with Gasteiger partial charge in [-0.3, -0.25) is 4.79 Å². The predicted molar refractivity (Wildman–Crippen MR) is 126 cm³/mol. The molecule has 3 atom stereocenters. The van der Waals surface area contributed by atoms with Gasteiger partial charge in [0.15, 0.2) is 17.5 Å². The van der Waals surface area contributed by atoms with E-state index in [2.05, 4.69) is 30.6 Å². The maximum absolute atomic E-state index is 14.5. The van der Waals surface area contributed by atoms with E-state index in [-0.39, 0.29) is 42.3 Å². The number of fused-ring (bicyclic) bond motifs is 1. The quantitative estimate of drug-likeness (QED) is 0.489. The molecule has 0 aromatic carbocycles. The van der Waals surface area contributed by atoms with Crippen LogP contribution in [0.2, 0.25) is 5.02 Å². The molecular formula is C22H25Cl2FN6O2. The Morgan fingerprint density at radius 1 is 1.18 bits per heavy atom. The number of carbonyl (C=O) groups excluding carboxylic acids is 1. The number of H-pyrrole nitrogens is 1. The van der Waals surface area contributed by atoms with Crippen LogP contribution in [0.15, 0.2) is 24.7 Å². The molecule has 33 heavy (non-hydrogen) atoms. The summed E-state index contributed by atoms with van der Waals surface area (Å²) in [6.45, 7) is 0.640. The minimum Gasteiger partial charge on any atom is -0.368 e. The van der Waals surface area contributed by atoms with Crippen molar-refractivity contribution in [2.75, 3.05) is 11.9 Å². The van der Waals surface area contributed by atoms with E-state index in [0.717, 1.165) is 37.5 Å². The minimum atomic E-state index is -0.518. The van der Waals surface area contributed by atoms with E-state index in [1.807, 2.05) is 0 Å². The lowest BCUT2D eigenvalue weighted by atomic mass is 9.90. The fraction of sp³-hybridized carbons (Fsp3) is 0.455. The number of ether oxygens (including phenoxy) is 1. The highest BCUT2D eigenvalue weighted by atomic mass is 35.5. The molecule has 2 fully saturated rings. The topological polar surface area (TPSA) is 105 Å². The lowest BCUT2D eigenvalue weighted by Crippen LogP contribution is -2.45. The third-order valence-electron chi connectivity index (χ3n) is 6.07. The maximum atomic E-state index is 14.5. The van der Waals surface area contributed by atoms with Crippen molar-refractivity contribution in [1.82, 2.24) is 25.3 Å². The third-order valence-corrected chi connectivity index (χ3v) is 6.27. The molecule has 1 aliphatic heterocycles. The molecule has 176 valence electrons. The van der Waals surface area contributed by atoms with E-state index in [0.29, 0.717) is 35.1 Å². The van der Waals surface area contributed by atoms with E-state index in [1.165, 1.54) is 6.20 Å². The van der Waals surface area contributed by atoms with Crippen LogP contribution < -0.4 is 10.6 Å². The van der Waals surface area contributed by atoms with Gasteiger partial charge in [0, 0.05) is 42.0 Å². The Balaban J connectivity index is 0.00000259. The van der Waals surface area contributed by atoms with Crippen LogP contribution >= 0.6 is 24.0 Å². The number of nitrogens with zero attached hydrogens (tertiary/aromatic N) is 3. The zero-order chi connectivity index (χ0) is 22.1. The van der Waals surface area contributed by atoms with Crippen LogP contribution in [-0.2, 0) is 9.53 Å². The molecule has 4 heterocycles. The molecule has 3 aromatic rings. The number of anilines is 1. The van der Waals surface area contributed by atoms with Crippen molar-refractivity contribution in [3.63, 3.8) is 0 Å². The van der Waals surface area contributed by atoms with Gasteiger partial charge in [0.2, 0.25) is 5.91 Å². The summed E-state index contributed by atoms with van der Waals surface area (Å²) in [4.78, 5) is 28.3. The second kappa shape index (κ2) is 10.2. The SMILES string of the molecule is Cl.O=C(N[C@@H]1CCC[C@H](Nc2nc(-c3c[nH]c4ncc(Cl)cc34)ncc2F)C1)C1CCCO1. The molecule has 1 saturated carbocycles. The Kier molecular flexibility index (Phi) is 7.31. The number of pyridine rings is 1. The maximum Gasteiger partial charge on any atom is 0.249 e. The molecule has 3 aromatic heterocycles. The Morgan fingerprint density at radius 2 is 2.03 bits per heavy atom. The Morgan fingerprint density at radius 3 is 2.85 bits per heavy atom. The molecule has 1 unspecified atom stereocenters. The Hall–Kier alpha value is -2.49. The van der Waals surface area contributed by atoms with Gasteiger partial charge in [-0.25, -0.2) is 19.3 Å². The first kappa shape index (κ1) is 23.7. The average Bonchev–Trinajstić information content (AvgIpc) is 3.46. The predicted octanol–water partition coefficient (Wildman–Crippen LogP) is 4.25. The van der Waals surface area contributed by atoms with Gasteiger partial charge >= 0.3 is 0 Å². The van der Waals surface area contributed by atoms with Crippen LogP contribution in [0.5, 0.6) is 0 Å². The van der Waals surface area contributed by atoms with Crippen LogP contribution in [0.4, 0.5) is 10.2 Å². The van der Waals surface area contributed by atoms with Gasteiger partial charge in [0.05, 0.1) is 11.2 Å². The Labute approximate surface area is 201 Å². The van der Waals surface area contributed by atoms with Gasteiger partial charge in [0.1, 0.15) is 11.8 Å². The zero-order valence-electron chi connectivity index (χ0n) is 17.8. The number of aromatic nitrogens is 4. The molecular weight excluding hydrogens is 470 g/mol. The molecule has 2 aliphatic rings. The van der Waals surface area contributed by atoms with Crippen LogP contribution in [0.3, 0.4) is 0 Å². The normalized spacial score (nSPS) is 22.7. The molecule has 1 aliphatic carbocycles. The first-order valence-electron chi connectivity index (χ1n) is 10.9. The van der Waals surface area contributed by atoms with Crippen molar-refractivity contribution in [3.05, 3.63) is 35.5 Å². The number of aromatic amines is 1. The van der Waals surface area contributed by atoms with Crippen LogP contribution in [0.1, 0.15) is 38.5 Å². The number of amides is 1. The second-order valence-corrected chi connectivity index (χ2v) is 8.79. The van der Waals surface area contributed by atoms with Crippen molar-refractivity contribution in [3.8, 4) is 11.4 Å². The molecule has 5 rings (SSSR count). The number of hydrogen-bond acceptors (Lipinski definition) is 6. The van der Waals surface area contributed by atoms with E-state index < -0.39 is 5.82 Å². The van der Waals surface area contributed by atoms with Crippen molar-refractivity contribution < 1.29 is 13.9 Å². The number of rotatable bonds is 5. The van der Waals surface area contributed by atoms with Gasteiger partial charge in [-0.15, -0.1) is 12.4 Å². The first-order chi connectivity index (χ1) is 15.6. The Bertz CT molecular complexity index is 1140. The lowest BCUT2D eigenvalue weighted by Gasteiger charge is -2.31. The summed E-state index contributed by atoms with van der Waals surface area (Å²) in [5, 5.41) is 7.58. The summed E-state index contributed by atoms with van der Waals surface area (Å²) >= 11 is 6.08. The smallest absolute Gasteiger partial charge is 0.249 e. The molecule has 3 N–H and O–H groups in total. The van der Waals surface area contributed by atoms with Crippen molar-refractivity contribution in [1.29, 1.82) is 0 Å². The highest BCUT2D eigenvalue weighted by Crippen LogP contribution is 2.29. The van der Waals surface area contributed by atoms with Crippen LogP contribution in [0, 0.1) is 5.82 Å². The summed E-state index contributed by atoms with van der Waals surface area (Å²) in [5.41, 5.74) is 1.35. The average molecular weight is 495 g/mol. The molecule has 0 radical (unpaired) electrons. The van der Waals surface area contributed by atoms with Crippen molar-refractivity contribution in [2.45, 2.75) is 56.7 Å². The van der Waals surface area contributed by atoms with Gasteiger partial charge in [-0.1, -0.05) is 11.6 Å². The fourth-order valence-corrected chi connectivity index (χ4v) is 4.64. The molecule has 0 bridgehead atoms. The highest BCUT2D eigenvalue weighted by Gasteiger charge is 2.29. The molecule has 0 spiro atoms. The van der Waals surface area contributed by atoms with E-state index >= 15 is 0 Å². The monoisotopic (exact) mass is 494 g/mol. The van der Waals surface area contributed by atoms with Crippen LogP contribution in [0.25, 0.3) is 22.4 Å². The zero-order valence-corrected chi connectivity index (χ0v) is 19.4. The number of hydrogen-bond donors (Lipinski definition) is 3. The van der Waals surface area contributed by atoms with Crippen molar-refractivity contribution >= 4 is 46.8 Å². The number of nitrogens with one attached hydrogen (secondary N) is 3. The first-order valence-corrected chi connectivity index (χ1v) is 11.3. The second-order valence-electron chi connectivity index (χ2n) is 8.36. The largest absolute Gasteiger partial charge is 0.368 e. The van der Waals surface area contributed by atoms with E-state index in [9.17, 15) is 9.18 Å². The standard InChI is InChI=1S/C22H24ClFN6O2.ClH/c23-12-7-15-16(10-26-19(15)25-9-12)20-27-11-17(24)21(30-20)28-13-3-1-4-14(8-13)29-22(31)18-5-2-6-32-18;/h7,9-11,13-14,18H,1-6,8H2,(H,25,26)(H,29,31)(H,27,28,30);1H/t13-,14+,18?;/m0./s1. The molecule has 11 heteroatoms. The number of halogens is 3. The van der Waals surface area contributed by atoms with E-state index in [4.69, 9.17) is 16.3 Å². The summed E-state index contributed by atoms with van der Waals surface area (Å²) in [7, 11) is 0. The summed E-state index contributed by atoms with van der Waals surface area (Å²) in [6, 6.07) is 1.80. The van der Waals surface area contributed by atoms with E-state index in [1.54, 1.807) is 18.5 Å². The highest BCUT2D eigenvalue weighted by molar-refractivity contribution is 6.31. The number of carbonyl (C=O) groups is 1. The summed E-state index contributed by atoms with van der Waals surface area (Å²) in [6.07, 6.45) is 9.21. The van der Waals surface area contributed by atoms with Gasteiger partial charge in [-0.05, 0) is 44.6 Å². The summed E-state index contributed by atoms with van der Waals surface area (Å²) < 4.78 is 20.0. The molecule has 1 saturated heterocycles. The van der Waals surface area contributed by atoms with Gasteiger partial charge < -0.3 is 20.4 Å². The van der Waals surface area contributed by atoms with Crippen molar-refractivity contribution in [2.24, 2.45) is 0 Å². The van der Waals surface area contributed by atoms with Crippen LogP contribution in [-0.4, -0.2) is 50.6 Å². The lowest BCUT2D eigenvalue weighted by molar-refractivity contribution is -0.131. The third kappa shape index (κ3) is 5.20. The van der Waals surface area contributed by atoms with Gasteiger partial charge in [0.25, 0.3) is 0 Å². The minimum absolute atomic E-state index is 0. The fourth-order valence-electron chi connectivity index (χ4n) is 4.48. The molecule has 1 amide bonds.